The van der Waals surface area contributed by atoms with E-state index >= 15 is 0 Å². The second-order valence-electron chi connectivity index (χ2n) is 6.96. The average molecular weight is 507 g/mol. The quantitative estimate of drug-likeness (QED) is 0.374. The summed E-state index contributed by atoms with van der Waals surface area (Å²) in [6.07, 6.45) is 2.42. The minimum Gasteiger partial charge on any atom is -0.273 e. The molecule has 0 spiro atoms. The van der Waals surface area contributed by atoms with Gasteiger partial charge >= 0.3 is 0 Å². The minimum atomic E-state index is -3.66. The van der Waals surface area contributed by atoms with Crippen LogP contribution in [0.5, 0.6) is 0 Å². The smallest absolute Gasteiger partial charge is 0.202 e. The highest BCUT2D eigenvalue weighted by Gasteiger charge is 2.24. The van der Waals surface area contributed by atoms with Crippen molar-refractivity contribution in [3.05, 3.63) is 72.2 Å². The van der Waals surface area contributed by atoms with Gasteiger partial charge in [-0.3, -0.25) is 4.57 Å². The SMILES string of the molecule is Cc1ccc(S(=O)(=O)Cc2nnc(Sc3ncc(S(C)(=O)=O)s3)n2-c2ccccc2)cc1. The first-order chi connectivity index (χ1) is 15.1. The lowest BCUT2D eigenvalue weighted by Gasteiger charge is -2.10. The van der Waals surface area contributed by atoms with Gasteiger partial charge in [0, 0.05) is 11.9 Å². The van der Waals surface area contributed by atoms with E-state index in [1.165, 1.54) is 6.20 Å². The Kier molecular flexibility index (Phi) is 6.21. The molecule has 4 aromatic rings. The highest BCUT2D eigenvalue weighted by molar-refractivity contribution is 8.01. The summed E-state index contributed by atoms with van der Waals surface area (Å²) in [4.78, 5) is 4.36. The number of hydrogen-bond donors (Lipinski definition) is 0. The van der Waals surface area contributed by atoms with Crippen LogP contribution in [0.2, 0.25) is 0 Å². The zero-order chi connectivity index (χ0) is 22.9. The van der Waals surface area contributed by atoms with Crippen molar-refractivity contribution < 1.29 is 16.8 Å². The minimum absolute atomic E-state index is 0.146. The highest BCUT2D eigenvalue weighted by Crippen LogP contribution is 2.34. The Balaban J connectivity index is 1.73. The summed E-state index contributed by atoms with van der Waals surface area (Å²) in [5.74, 6) is -0.0931. The predicted molar refractivity (Wildman–Crippen MR) is 123 cm³/mol. The Morgan fingerprint density at radius 2 is 1.66 bits per heavy atom. The number of hydrogen-bond acceptors (Lipinski definition) is 9. The fourth-order valence-electron chi connectivity index (χ4n) is 2.84. The zero-order valence-corrected chi connectivity index (χ0v) is 20.3. The van der Waals surface area contributed by atoms with Crippen LogP contribution >= 0.6 is 23.1 Å². The average Bonchev–Trinajstić information content (AvgIpc) is 3.36. The second kappa shape index (κ2) is 8.77. The maximum Gasteiger partial charge on any atom is 0.202 e. The molecule has 0 aliphatic carbocycles. The third kappa shape index (κ3) is 4.93. The van der Waals surface area contributed by atoms with Crippen LogP contribution in [0.4, 0.5) is 0 Å². The summed E-state index contributed by atoms with van der Waals surface area (Å²) in [5.41, 5.74) is 1.65. The first-order valence-corrected chi connectivity index (χ1v) is 14.4. The van der Waals surface area contributed by atoms with Crippen molar-refractivity contribution in [1.29, 1.82) is 0 Å². The summed E-state index contributed by atoms with van der Waals surface area (Å²) in [6.45, 7) is 1.89. The molecule has 12 heteroatoms. The molecule has 32 heavy (non-hydrogen) atoms. The molecule has 0 fully saturated rings. The maximum atomic E-state index is 13.0. The number of para-hydroxylation sites is 1. The molecule has 0 unspecified atom stereocenters. The van der Waals surface area contributed by atoms with Crippen LogP contribution in [0.15, 0.2) is 79.4 Å². The molecule has 166 valence electrons. The highest BCUT2D eigenvalue weighted by atomic mass is 32.2. The van der Waals surface area contributed by atoms with Crippen molar-refractivity contribution in [3.63, 3.8) is 0 Å². The van der Waals surface area contributed by atoms with Crippen LogP contribution in [0.25, 0.3) is 5.69 Å². The van der Waals surface area contributed by atoms with E-state index in [1.54, 1.807) is 28.8 Å². The van der Waals surface area contributed by atoms with Gasteiger partial charge in [0.15, 0.2) is 29.8 Å². The lowest BCUT2D eigenvalue weighted by molar-refractivity contribution is 0.592. The summed E-state index contributed by atoms with van der Waals surface area (Å²) >= 11 is 2.15. The van der Waals surface area contributed by atoms with Gasteiger partial charge in [0.1, 0.15) is 9.96 Å². The van der Waals surface area contributed by atoms with Crippen LogP contribution in [0, 0.1) is 6.92 Å². The molecular formula is C20H18N4O4S4. The fraction of sp³-hybridized carbons (Fsp3) is 0.150. The van der Waals surface area contributed by atoms with E-state index in [0.717, 1.165) is 34.9 Å². The van der Waals surface area contributed by atoms with E-state index in [4.69, 9.17) is 0 Å². The Morgan fingerprint density at radius 3 is 2.28 bits per heavy atom. The van der Waals surface area contributed by atoms with Crippen molar-refractivity contribution in [3.8, 4) is 5.69 Å². The van der Waals surface area contributed by atoms with Gasteiger partial charge in [0.25, 0.3) is 0 Å². The summed E-state index contributed by atoms with van der Waals surface area (Å²) in [5, 5.41) is 8.71. The molecule has 0 bridgehead atoms. The molecule has 2 aromatic carbocycles. The van der Waals surface area contributed by atoms with Crippen LogP contribution in [-0.2, 0) is 25.4 Å². The van der Waals surface area contributed by atoms with Crippen LogP contribution in [-0.4, -0.2) is 42.8 Å². The number of nitrogens with zero attached hydrogens (tertiary/aromatic N) is 4. The monoisotopic (exact) mass is 506 g/mol. The molecule has 0 N–H and O–H groups in total. The Morgan fingerprint density at radius 1 is 0.969 bits per heavy atom. The third-order valence-electron chi connectivity index (χ3n) is 4.42. The topological polar surface area (TPSA) is 112 Å². The second-order valence-corrected chi connectivity index (χ2v) is 13.4. The molecule has 0 aliphatic rings. The molecule has 4 rings (SSSR count). The first kappa shape index (κ1) is 22.6. The van der Waals surface area contributed by atoms with Gasteiger partial charge in [-0.15, -0.1) is 10.2 Å². The van der Waals surface area contributed by atoms with Crippen molar-refractivity contribution >= 4 is 42.8 Å². The number of thiazole rings is 1. The van der Waals surface area contributed by atoms with Gasteiger partial charge in [-0.25, -0.2) is 21.8 Å². The number of rotatable bonds is 7. The van der Waals surface area contributed by atoms with Crippen LogP contribution < -0.4 is 0 Å². The third-order valence-corrected chi connectivity index (χ3v) is 9.86. The van der Waals surface area contributed by atoms with E-state index in [9.17, 15) is 16.8 Å². The van der Waals surface area contributed by atoms with E-state index < -0.39 is 19.7 Å². The van der Waals surface area contributed by atoms with Crippen molar-refractivity contribution in [2.24, 2.45) is 0 Å². The van der Waals surface area contributed by atoms with Gasteiger partial charge in [-0.1, -0.05) is 47.2 Å². The van der Waals surface area contributed by atoms with Gasteiger partial charge in [0.2, 0.25) is 5.16 Å². The van der Waals surface area contributed by atoms with Gasteiger partial charge in [0.05, 0.1) is 11.1 Å². The zero-order valence-electron chi connectivity index (χ0n) is 17.0. The van der Waals surface area contributed by atoms with Crippen LogP contribution in [0.1, 0.15) is 11.4 Å². The lowest BCUT2D eigenvalue weighted by atomic mass is 10.2. The van der Waals surface area contributed by atoms with Crippen molar-refractivity contribution in [2.45, 2.75) is 31.3 Å². The van der Waals surface area contributed by atoms with E-state index in [0.29, 0.717) is 15.2 Å². The molecule has 2 heterocycles. The molecule has 0 atom stereocenters. The van der Waals surface area contributed by atoms with E-state index in [2.05, 4.69) is 15.2 Å². The maximum absolute atomic E-state index is 13.0. The molecule has 0 radical (unpaired) electrons. The molecule has 0 saturated heterocycles. The normalized spacial score (nSPS) is 12.2. The Hall–Kier alpha value is -2.54. The first-order valence-electron chi connectivity index (χ1n) is 9.26. The molecule has 8 nitrogen and oxygen atoms in total. The Bertz CT molecular complexity index is 1460. The number of benzene rings is 2. The van der Waals surface area contributed by atoms with Crippen molar-refractivity contribution in [2.75, 3.05) is 6.26 Å². The molecular weight excluding hydrogens is 489 g/mol. The lowest BCUT2D eigenvalue weighted by Crippen LogP contribution is -2.11. The summed E-state index contributed by atoms with van der Waals surface area (Å²) in [7, 11) is -7.03. The summed E-state index contributed by atoms with van der Waals surface area (Å²) < 4.78 is 51.8. The summed E-state index contributed by atoms with van der Waals surface area (Å²) in [6, 6.07) is 15.8. The number of sulfone groups is 2. The fourth-order valence-corrected chi connectivity index (χ4v) is 7.01. The Labute approximate surface area is 194 Å². The number of aromatic nitrogens is 4. The van der Waals surface area contributed by atoms with E-state index in [-0.39, 0.29) is 20.7 Å². The standard InChI is InChI=1S/C20H18N4O4S4/c1-14-8-10-16(11-9-14)32(27,28)13-17-22-23-19(24(17)15-6-4-3-5-7-15)30-20-21-12-18(29-20)31(2,25)26/h3-12H,13H2,1-2H3. The van der Waals surface area contributed by atoms with E-state index in [1.807, 2.05) is 37.3 Å². The molecule has 2 aromatic heterocycles. The molecule has 0 aliphatic heterocycles. The van der Waals surface area contributed by atoms with Gasteiger partial charge in [-0.2, -0.15) is 0 Å². The molecule has 0 saturated carbocycles. The number of aryl methyl sites for hydroxylation is 1. The van der Waals surface area contributed by atoms with Gasteiger partial charge < -0.3 is 0 Å². The van der Waals surface area contributed by atoms with Gasteiger partial charge in [-0.05, 0) is 43.0 Å². The predicted octanol–water partition coefficient (Wildman–Crippen LogP) is 3.56. The largest absolute Gasteiger partial charge is 0.273 e. The molecule has 0 amide bonds. The van der Waals surface area contributed by atoms with Crippen molar-refractivity contribution in [1.82, 2.24) is 19.7 Å². The van der Waals surface area contributed by atoms with Crippen LogP contribution in [0.3, 0.4) is 0 Å².